The van der Waals surface area contributed by atoms with Crippen LogP contribution in [0.4, 0.5) is 0 Å². The van der Waals surface area contributed by atoms with Gasteiger partial charge in [0.2, 0.25) is 0 Å². The van der Waals surface area contributed by atoms with Crippen molar-refractivity contribution >= 4 is 5.97 Å². The van der Waals surface area contributed by atoms with Crippen molar-refractivity contribution in [1.82, 2.24) is 0 Å². The summed E-state index contributed by atoms with van der Waals surface area (Å²) >= 11 is 0. The van der Waals surface area contributed by atoms with Gasteiger partial charge in [0.1, 0.15) is 12.6 Å². The summed E-state index contributed by atoms with van der Waals surface area (Å²) in [6.07, 6.45) is -0.889. The molecule has 0 saturated heterocycles. The number of ether oxygens (including phenoxy) is 1. The minimum Gasteiger partial charge on any atom is -0.463 e. The van der Waals surface area contributed by atoms with Crippen molar-refractivity contribution in [3.8, 4) is 0 Å². The Balaban J connectivity index is 3.64. The smallest absolute Gasteiger partial charge is 0.325 e. The summed E-state index contributed by atoms with van der Waals surface area (Å²) in [6.45, 7) is 1.83. The summed E-state index contributed by atoms with van der Waals surface area (Å²) in [6, 6.07) is -0.971. The first-order valence-corrected chi connectivity index (χ1v) is 3.40. The molecule has 0 aliphatic carbocycles. The predicted molar refractivity (Wildman–Crippen MR) is 39.7 cm³/mol. The number of aliphatic hydroxyl groups excluding tert-OH is 1. The number of nitrogens with two attached hydrogens (primary N) is 2. The Morgan fingerprint density at radius 2 is 2.27 bits per heavy atom. The lowest BCUT2D eigenvalue weighted by Crippen LogP contribution is -2.41. The van der Waals surface area contributed by atoms with Gasteiger partial charge in [-0.05, 0) is 6.92 Å². The van der Waals surface area contributed by atoms with Gasteiger partial charge in [0.25, 0.3) is 0 Å². The summed E-state index contributed by atoms with van der Waals surface area (Å²) in [5.41, 5.74) is 10.3. The molecular formula is C6H14N2O3. The van der Waals surface area contributed by atoms with Crippen LogP contribution in [0.3, 0.4) is 0 Å². The van der Waals surface area contributed by atoms with Crippen molar-refractivity contribution in [1.29, 1.82) is 0 Å². The lowest BCUT2D eigenvalue weighted by atomic mass is 10.2. The Bertz CT molecular complexity index is 127. The zero-order valence-corrected chi connectivity index (χ0v) is 6.49. The van der Waals surface area contributed by atoms with E-state index in [9.17, 15) is 4.79 Å². The van der Waals surface area contributed by atoms with Crippen LogP contribution >= 0.6 is 0 Å². The minimum atomic E-state index is -0.971. The molecule has 0 radical (unpaired) electrons. The molecule has 5 heteroatoms. The summed E-state index contributed by atoms with van der Waals surface area (Å²) in [7, 11) is 0. The number of hydrogen-bond donors (Lipinski definition) is 3. The molecule has 0 spiro atoms. The molecule has 0 unspecified atom stereocenters. The molecule has 0 aromatic rings. The molecule has 0 bridgehead atoms. The largest absolute Gasteiger partial charge is 0.463 e. The van der Waals surface area contributed by atoms with Crippen molar-refractivity contribution in [2.24, 2.45) is 11.5 Å². The molecule has 2 atom stereocenters. The highest BCUT2D eigenvalue weighted by Crippen LogP contribution is 1.91. The molecule has 0 rings (SSSR count). The van der Waals surface area contributed by atoms with Gasteiger partial charge in [-0.3, -0.25) is 4.79 Å². The Morgan fingerprint density at radius 3 is 2.64 bits per heavy atom. The summed E-state index contributed by atoms with van der Waals surface area (Å²) in [4.78, 5) is 10.8. The maximum Gasteiger partial charge on any atom is 0.325 e. The monoisotopic (exact) mass is 162 g/mol. The van der Waals surface area contributed by atoms with Crippen molar-refractivity contribution < 1.29 is 14.6 Å². The summed E-state index contributed by atoms with van der Waals surface area (Å²) in [5, 5.41) is 8.83. The normalized spacial score (nSPS) is 15.6. The van der Waals surface area contributed by atoms with Crippen molar-refractivity contribution in [2.75, 3.05) is 13.2 Å². The highest BCUT2D eigenvalue weighted by molar-refractivity contribution is 5.76. The van der Waals surface area contributed by atoms with Crippen LogP contribution in [0.25, 0.3) is 0 Å². The Hall–Kier alpha value is -0.650. The van der Waals surface area contributed by atoms with Crippen LogP contribution in [-0.2, 0) is 9.53 Å². The number of esters is 1. The van der Waals surface area contributed by atoms with Crippen LogP contribution in [0.5, 0.6) is 0 Å². The van der Waals surface area contributed by atoms with Gasteiger partial charge in [-0.2, -0.15) is 0 Å². The van der Waals surface area contributed by atoms with Gasteiger partial charge in [-0.25, -0.2) is 0 Å². The van der Waals surface area contributed by atoms with E-state index in [0.29, 0.717) is 0 Å². The standard InChI is InChI=1S/C6H14N2O3/c1-4(9)5(8)6(10)11-3-2-7/h4-5,9H,2-3,7-8H2,1H3/t4-,5+/m1/s1. The Labute approximate surface area is 65.3 Å². The second-order valence-electron chi connectivity index (χ2n) is 2.22. The third-order valence-electron chi connectivity index (χ3n) is 1.15. The van der Waals surface area contributed by atoms with Gasteiger partial charge in [0.05, 0.1) is 6.10 Å². The molecule has 0 saturated carbocycles. The van der Waals surface area contributed by atoms with Crippen LogP contribution in [0.1, 0.15) is 6.92 Å². The van der Waals surface area contributed by atoms with E-state index in [1.807, 2.05) is 0 Å². The zero-order valence-electron chi connectivity index (χ0n) is 6.49. The molecule has 66 valence electrons. The lowest BCUT2D eigenvalue weighted by molar-refractivity contribution is -0.147. The molecule has 0 aromatic carbocycles. The van der Waals surface area contributed by atoms with E-state index in [-0.39, 0.29) is 13.2 Å². The molecule has 11 heavy (non-hydrogen) atoms. The van der Waals surface area contributed by atoms with Gasteiger partial charge in [-0.1, -0.05) is 0 Å². The van der Waals surface area contributed by atoms with Gasteiger partial charge >= 0.3 is 5.97 Å². The SMILES string of the molecule is C[C@@H](O)[C@H](N)C(=O)OCCN. The van der Waals surface area contributed by atoms with E-state index in [4.69, 9.17) is 16.6 Å². The maximum absolute atomic E-state index is 10.8. The van der Waals surface area contributed by atoms with E-state index < -0.39 is 18.1 Å². The molecule has 0 amide bonds. The fourth-order valence-corrected chi connectivity index (χ4v) is 0.453. The summed E-state index contributed by atoms with van der Waals surface area (Å²) in [5.74, 6) is -0.620. The predicted octanol–water partition coefficient (Wildman–Crippen LogP) is -1.80. The minimum absolute atomic E-state index is 0.138. The quantitative estimate of drug-likeness (QED) is 0.423. The second kappa shape index (κ2) is 5.06. The van der Waals surface area contributed by atoms with Crippen LogP contribution in [0, 0.1) is 0 Å². The number of rotatable bonds is 4. The van der Waals surface area contributed by atoms with Gasteiger partial charge in [0, 0.05) is 6.54 Å². The fourth-order valence-electron chi connectivity index (χ4n) is 0.453. The molecule has 5 nitrogen and oxygen atoms in total. The molecule has 5 N–H and O–H groups in total. The average Bonchev–Trinajstić information content (AvgIpc) is 1.98. The number of carbonyl (C=O) groups is 1. The molecule has 0 aliphatic rings. The molecule has 0 fully saturated rings. The summed E-state index contributed by atoms with van der Waals surface area (Å²) < 4.78 is 4.57. The highest BCUT2D eigenvalue weighted by atomic mass is 16.5. The van der Waals surface area contributed by atoms with Gasteiger partial charge in [0.15, 0.2) is 0 Å². The van der Waals surface area contributed by atoms with E-state index in [1.54, 1.807) is 0 Å². The number of carbonyl (C=O) groups excluding carboxylic acids is 1. The highest BCUT2D eigenvalue weighted by Gasteiger charge is 2.19. The first-order chi connectivity index (χ1) is 5.09. The number of aliphatic hydroxyl groups is 1. The zero-order chi connectivity index (χ0) is 8.85. The average molecular weight is 162 g/mol. The van der Waals surface area contributed by atoms with E-state index in [1.165, 1.54) is 6.92 Å². The van der Waals surface area contributed by atoms with Crippen LogP contribution in [0.2, 0.25) is 0 Å². The van der Waals surface area contributed by atoms with E-state index in [0.717, 1.165) is 0 Å². The molecule has 0 aliphatic heterocycles. The maximum atomic E-state index is 10.8. The van der Waals surface area contributed by atoms with Crippen LogP contribution in [0.15, 0.2) is 0 Å². The number of hydrogen-bond acceptors (Lipinski definition) is 5. The third kappa shape index (κ3) is 3.92. The van der Waals surface area contributed by atoms with E-state index in [2.05, 4.69) is 4.74 Å². The van der Waals surface area contributed by atoms with Crippen molar-refractivity contribution in [3.05, 3.63) is 0 Å². The molecular weight excluding hydrogens is 148 g/mol. The fraction of sp³-hybridized carbons (Fsp3) is 0.833. The van der Waals surface area contributed by atoms with Crippen LogP contribution < -0.4 is 11.5 Å². The van der Waals surface area contributed by atoms with Crippen molar-refractivity contribution in [2.45, 2.75) is 19.1 Å². The Kier molecular flexibility index (Phi) is 4.76. The van der Waals surface area contributed by atoms with E-state index >= 15 is 0 Å². The second-order valence-corrected chi connectivity index (χ2v) is 2.22. The van der Waals surface area contributed by atoms with Gasteiger partial charge < -0.3 is 21.3 Å². The molecule has 0 heterocycles. The molecule has 0 aromatic heterocycles. The van der Waals surface area contributed by atoms with Gasteiger partial charge in [-0.15, -0.1) is 0 Å². The first kappa shape index (κ1) is 10.3. The lowest BCUT2D eigenvalue weighted by Gasteiger charge is -2.12. The topological polar surface area (TPSA) is 98.6 Å². The Morgan fingerprint density at radius 1 is 1.73 bits per heavy atom. The first-order valence-electron chi connectivity index (χ1n) is 3.40. The third-order valence-corrected chi connectivity index (χ3v) is 1.15. The van der Waals surface area contributed by atoms with Crippen molar-refractivity contribution in [3.63, 3.8) is 0 Å². The van der Waals surface area contributed by atoms with Crippen LogP contribution in [-0.4, -0.2) is 36.4 Å².